The molecule has 0 rings (SSSR count). The molecule has 0 amide bonds. The van der Waals surface area contributed by atoms with Crippen molar-refractivity contribution in [2.24, 2.45) is 0 Å². The molecule has 0 spiro atoms. The summed E-state index contributed by atoms with van der Waals surface area (Å²) in [6.07, 6.45) is 0. The van der Waals surface area contributed by atoms with Crippen molar-refractivity contribution in [2.75, 3.05) is 0 Å². The zero-order valence-corrected chi connectivity index (χ0v) is 16.2. The molecule has 0 fully saturated rings. The summed E-state index contributed by atoms with van der Waals surface area (Å²) in [6, 6.07) is 0. The van der Waals surface area contributed by atoms with Crippen LogP contribution in [0.25, 0.3) is 0 Å². The van der Waals surface area contributed by atoms with Crippen LogP contribution < -0.4 is 0 Å². The fourth-order valence-electron chi connectivity index (χ4n) is 0. The molecule has 0 atom stereocenters. The van der Waals surface area contributed by atoms with Crippen LogP contribution in [0.4, 0.5) is 0 Å². The molecule has 0 aliphatic carbocycles. The summed E-state index contributed by atoms with van der Waals surface area (Å²) in [6.45, 7) is 0. The minimum absolute atomic E-state index is 0. The molecule has 0 aliphatic heterocycles. The molecule has 0 bridgehead atoms. The zero-order valence-electron chi connectivity index (χ0n) is 2.50. The summed E-state index contributed by atoms with van der Waals surface area (Å²) < 4.78 is 0. The van der Waals surface area contributed by atoms with Crippen molar-refractivity contribution in [3.05, 3.63) is 0 Å². The van der Waals surface area contributed by atoms with E-state index in [0.29, 0.717) is 0 Å². The third-order valence-corrected chi connectivity index (χ3v) is 0. The summed E-state index contributed by atoms with van der Waals surface area (Å²) in [4.78, 5) is 0. The van der Waals surface area contributed by atoms with Gasteiger partial charge in [0.25, 0.3) is 0 Å². The molecule has 0 aliphatic rings. The van der Waals surface area contributed by atoms with E-state index in [9.17, 15) is 0 Å². The van der Waals surface area contributed by atoms with Gasteiger partial charge in [0.2, 0.25) is 0 Å². The molecule has 0 heterocycles. The van der Waals surface area contributed by atoms with E-state index in [1.165, 1.54) is 0 Å². The molecule has 0 aromatic carbocycles. The normalized spacial score (nSPS) is 0. The Hall–Kier alpha value is 3.77. The second-order valence-corrected chi connectivity index (χ2v) is 0. The van der Waals surface area contributed by atoms with Gasteiger partial charge >= 0.3 is 0 Å². The monoisotopic (exact) mass is 647 g/mol. The van der Waals surface area contributed by atoms with Crippen molar-refractivity contribution in [2.45, 2.75) is 0 Å². The Morgan fingerprint density at radius 1 is 0.500 bits per heavy atom. The first-order valence-corrected chi connectivity index (χ1v) is 0. The van der Waals surface area contributed by atoms with Crippen molar-refractivity contribution in [3.63, 3.8) is 0 Å². The molecule has 0 N–H and O–H groups in total. The molecule has 0 saturated heterocycles. The average molecular weight is 645 g/mol. The van der Waals surface area contributed by atoms with E-state index in [-0.39, 0.29) is 111 Å². The molecular weight excluding hydrogens is 645 g/mol. The van der Waals surface area contributed by atoms with Crippen molar-refractivity contribution in [1.82, 2.24) is 0 Å². The van der Waals surface area contributed by atoms with Crippen LogP contribution >= 0.6 is 0 Å². The maximum absolute atomic E-state index is 0. The fourth-order valence-corrected chi connectivity index (χ4v) is 0. The third-order valence-electron chi connectivity index (χ3n) is 0. The Labute approximate surface area is 109 Å². The van der Waals surface area contributed by atoms with Crippen LogP contribution in [-0.4, -0.2) is 111 Å². The van der Waals surface area contributed by atoms with Crippen molar-refractivity contribution in [1.29, 1.82) is 0 Å². The van der Waals surface area contributed by atoms with Crippen LogP contribution in [0.15, 0.2) is 0 Å². The fraction of sp³-hybridized carbons (Fsp3) is 0. The second-order valence-electron chi connectivity index (χ2n) is 0. The topological polar surface area (TPSA) is 0 Å². The van der Waals surface area contributed by atoms with E-state index in [4.69, 9.17) is 0 Å². The molecule has 0 aromatic rings. The predicted molar refractivity (Wildman–Crippen MR) is 23.0 cm³/mol. The standard InChI is InChI=1S/Na.3Pb. The van der Waals surface area contributed by atoms with E-state index in [1.807, 2.05) is 0 Å². The molecule has 13 radical (unpaired) electrons. The predicted octanol–water partition coefficient (Wildman–Crippen LogP) is -1.52. The van der Waals surface area contributed by atoms with Crippen molar-refractivity contribution < 1.29 is 0 Å². The van der Waals surface area contributed by atoms with Crippen molar-refractivity contribution >= 4 is 111 Å². The first-order chi connectivity index (χ1) is 0. The van der Waals surface area contributed by atoms with Gasteiger partial charge in [-0.2, -0.15) is 0 Å². The largest absolute Gasteiger partial charge is 0 e. The zero-order chi connectivity index (χ0) is 0. The van der Waals surface area contributed by atoms with Crippen LogP contribution in [0, 0.1) is 0 Å². The average Bonchev–Trinajstić information content (AvgIpc) is 0. The van der Waals surface area contributed by atoms with Gasteiger partial charge < -0.3 is 0 Å². The van der Waals surface area contributed by atoms with Gasteiger partial charge in [0.05, 0.1) is 0 Å². The Balaban J connectivity index is 0. The Morgan fingerprint density at radius 2 is 0.500 bits per heavy atom. The molecule has 0 unspecified atom stereocenters. The molecular formula is NaPb3. The summed E-state index contributed by atoms with van der Waals surface area (Å²) in [7, 11) is 0. The van der Waals surface area contributed by atoms with Gasteiger partial charge in [0.1, 0.15) is 0 Å². The summed E-state index contributed by atoms with van der Waals surface area (Å²) in [5, 5.41) is 0. The van der Waals surface area contributed by atoms with Crippen LogP contribution in [0.3, 0.4) is 0 Å². The van der Waals surface area contributed by atoms with E-state index >= 15 is 0 Å². The van der Waals surface area contributed by atoms with Crippen molar-refractivity contribution in [3.8, 4) is 0 Å². The quantitative estimate of drug-likeness (QED) is 0.282. The Kier molecular flexibility index (Phi) is 99.4. The SMILES string of the molecule is [Na].[Pb].[Pb].[Pb]. The first kappa shape index (κ1) is 25.1. The summed E-state index contributed by atoms with van der Waals surface area (Å²) in [5.74, 6) is 0. The van der Waals surface area contributed by atoms with Gasteiger partial charge in [-0.1, -0.05) is 0 Å². The minimum Gasteiger partial charge on any atom is 0 e. The molecule has 0 saturated carbocycles. The maximum atomic E-state index is 0. The van der Waals surface area contributed by atoms with Crippen LogP contribution in [0.1, 0.15) is 0 Å². The smallest absolute Gasteiger partial charge is 0 e. The minimum atomic E-state index is 0. The van der Waals surface area contributed by atoms with E-state index < -0.39 is 0 Å². The summed E-state index contributed by atoms with van der Waals surface area (Å²) >= 11 is 0. The van der Waals surface area contributed by atoms with Gasteiger partial charge in [-0.05, 0) is 0 Å². The molecule has 4 heteroatoms. The Morgan fingerprint density at radius 3 is 0.500 bits per heavy atom. The molecule has 0 aromatic heterocycles. The van der Waals surface area contributed by atoms with Gasteiger partial charge in [-0.3, -0.25) is 0 Å². The van der Waals surface area contributed by atoms with Crippen LogP contribution in [-0.2, 0) is 0 Å². The molecule has 0 nitrogen and oxygen atoms in total. The second kappa shape index (κ2) is 15.9. The Bertz CT molecular complexity index is 3.25. The summed E-state index contributed by atoms with van der Waals surface area (Å²) in [5.41, 5.74) is 0. The van der Waals surface area contributed by atoms with E-state index in [2.05, 4.69) is 0 Å². The number of hydrogen-bond donors (Lipinski definition) is 0. The number of rotatable bonds is 0. The van der Waals surface area contributed by atoms with Gasteiger partial charge in [0, 0.05) is 111 Å². The van der Waals surface area contributed by atoms with Gasteiger partial charge in [-0.25, -0.2) is 0 Å². The third kappa shape index (κ3) is 9.23. The van der Waals surface area contributed by atoms with Gasteiger partial charge in [0.15, 0.2) is 0 Å². The number of hydrogen-bond acceptors (Lipinski definition) is 0. The van der Waals surface area contributed by atoms with E-state index in [1.54, 1.807) is 0 Å². The van der Waals surface area contributed by atoms with Gasteiger partial charge in [-0.15, -0.1) is 0 Å². The van der Waals surface area contributed by atoms with E-state index in [0.717, 1.165) is 0 Å². The molecule has 4 heavy (non-hydrogen) atoms. The maximum Gasteiger partial charge on any atom is 0 e. The van der Waals surface area contributed by atoms with Crippen LogP contribution in [0.5, 0.6) is 0 Å². The first-order valence-electron chi connectivity index (χ1n) is 0. The molecule has 13 valence electrons. The van der Waals surface area contributed by atoms with Crippen LogP contribution in [0.2, 0.25) is 0 Å².